The Kier molecular flexibility index (Phi) is 6.49. The molecule has 0 bridgehead atoms. The van der Waals surface area contributed by atoms with Gasteiger partial charge in [-0.2, -0.15) is 52.7 Å². The van der Waals surface area contributed by atoms with Gasteiger partial charge in [-0.1, -0.05) is 31.6 Å². The number of alkyl halides is 6. The SMILES string of the molecule is N#CC(C#N)=c1cc/c(=C(/C#N)c2cc(C(F)(F)F)c(C#N)c(C(F)(F)F)c2)c(C#N)c1S(F)(F)(F)(F)F. The molecule has 0 fully saturated rings. The van der Waals surface area contributed by atoms with Crippen molar-refractivity contribution in [2.24, 2.45) is 0 Å². The normalized spacial score (nSPS) is 14.4. The Bertz CT molecular complexity index is 1670. The minimum absolute atomic E-state index is 0.0432. The smallest absolute Gasteiger partial charge is 0.192 e. The lowest BCUT2D eigenvalue weighted by Crippen LogP contribution is -2.28. The Labute approximate surface area is 204 Å². The molecule has 0 saturated carbocycles. The second-order valence-corrected chi connectivity index (χ2v) is 9.43. The molecule has 0 aromatic heterocycles. The van der Waals surface area contributed by atoms with Crippen LogP contribution >= 0.6 is 10.2 Å². The van der Waals surface area contributed by atoms with Crippen LogP contribution in [0.2, 0.25) is 0 Å². The number of rotatable bonds is 2. The minimum atomic E-state index is -11.0. The predicted molar refractivity (Wildman–Crippen MR) is 106 cm³/mol. The van der Waals surface area contributed by atoms with Crippen LogP contribution in [0.4, 0.5) is 45.8 Å². The van der Waals surface area contributed by atoms with Crippen molar-refractivity contribution < 1.29 is 45.8 Å². The highest BCUT2D eigenvalue weighted by Crippen LogP contribution is 3.01. The summed E-state index contributed by atoms with van der Waals surface area (Å²) in [5, 5.41) is 42.2. The lowest BCUT2D eigenvalue weighted by atomic mass is 9.92. The first kappa shape index (κ1) is 29.4. The highest BCUT2D eigenvalue weighted by Gasteiger charge is 2.67. The van der Waals surface area contributed by atoms with Crippen LogP contribution in [0.25, 0.3) is 11.1 Å². The molecule has 0 unspecified atom stereocenters. The van der Waals surface area contributed by atoms with Gasteiger partial charge in [0.2, 0.25) is 0 Å². The molecule has 0 aliphatic rings. The van der Waals surface area contributed by atoms with Gasteiger partial charge in [0.05, 0.1) is 27.8 Å². The Balaban J connectivity index is 3.44. The van der Waals surface area contributed by atoms with Crippen LogP contribution in [0.3, 0.4) is 0 Å². The van der Waals surface area contributed by atoms with Crippen molar-refractivity contribution in [3.8, 4) is 30.3 Å². The van der Waals surface area contributed by atoms with Crippen LogP contribution in [-0.4, -0.2) is 0 Å². The second kappa shape index (κ2) is 8.37. The third kappa shape index (κ3) is 5.46. The van der Waals surface area contributed by atoms with E-state index in [4.69, 9.17) is 15.8 Å². The second-order valence-electron chi connectivity index (χ2n) is 7.08. The Morgan fingerprint density at radius 1 is 0.632 bits per heavy atom. The maximum atomic E-state index is 14.0. The molecular weight excluding hydrogens is 563 g/mol. The zero-order chi connectivity index (χ0) is 29.5. The molecule has 0 amide bonds. The molecule has 0 spiro atoms. The largest absolute Gasteiger partial charge is 0.417 e. The molecule has 2 aromatic rings. The maximum Gasteiger partial charge on any atom is 0.417 e. The number of halogens is 11. The highest BCUT2D eigenvalue weighted by molar-refractivity contribution is 8.45. The summed E-state index contributed by atoms with van der Waals surface area (Å²) in [4.78, 5) is -3.14. The molecule has 0 saturated heterocycles. The average Bonchev–Trinajstić information content (AvgIpc) is 2.77. The molecule has 17 heteroatoms. The van der Waals surface area contributed by atoms with E-state index in [1.807, 2.05) is 0 Å². The van der Waals surface area contributed by atoms with Gasteiger partial charge in [0.1, 0.15) is 40.8 Å². The van der Waals surface area contributed by atoms with Gasteiger partial charge >= 0.3 is 22.6 Å². The van der Waals surface area contributed by atoms with Gasteiger partial charge in [-0.15, -0.1) is 0 Å². The van der Waals surface area contributed by atoms with E-state index in [1.165, 1.54) is 0 Å². The van der Waals surface area contributed by atoms with Gasteiger partial charge in [0.25, 0.3) is 0 Å². The van der Waals surface area contributed by atoms with Crippen molar-refractivity contribution in [3.05, 3.63) is 62.5 Å². The van der Waals surface area contributed by atoms with E-state index in [0.717, 1.165) is 18.2 Å². The molecule has 0 aliphatic heterocycles. The van der Waals surface area contributed by atoms with E-state index in [1.54, 1.807) is 0 Å². The number of hydrogen-bond donors (Lipinski definition) is 0. The lowest BCUT2D eigenvalue weighted by Gasteiger charge is -2.41. The zero-order valence-corrected chi connectivity index (χ0v) is 18.4. The monoisotopic (exact) mass is 567 g/mol. The average molecular weight is 567 g/mol. The molecule has 0 aliphatic carbocycles. The van der Waals surface area contributed by atoms with Gasteiger partial charge in [0, 0.05) is 10.4 Å². The number of nitrogens with zero attached hydrogens (tertiary/aromatic N) is 5. The summed E-state index contributed by atoms with van der Waals surface area (Å²) >= 11 is 0. The first-order valence-electron chi connectivity index (χ1n) is 9.04. The van der Waals surface area contributed by atoms with Gasteiger partial charge in [0.15, 0.2) is 0 Å². The fourth-order valence-corrected chi connectivity index (χ4v) is 4.41. The van der Waals surface area contributed by atoms with E-state index in [-0.39, 0.29) is 24.3 Å². The molecule has 2 aromatic carbocycles. The van der Waals surface area contributed by atoms with Crippen LogP contribution in [0.1, 0.15) is 27.8 Å². The quantitative estimate of drug-likeness (QED) is 0.410. The van der Waals surface area contributed by atoms with Gasteiger partial charge < -0.3 is 0 Å². The summed E-state index contributed by atoms with van der Waals surface area (Å²) in [6.07, 6.45) is -11.3. The van der Waals surface area contributed by atoms with Crippen LogP contribution in [0.5, 0.6) is 0 Å². The predicted octanol–water partition coefficient (Wildman–Crippen LogP) is 6.05. The van der Waals surface area contributed by atoms with E-state index >= 15 is 0 Å². The van der Waals surface area contributed by atoms with Gasteiger partial charge in [-0.05, 0) is 17.7 Å². The van der Waals surface area contributed by atoms with Crippen molar-refractivity contribution in [1.82, 2.24) is 0 Å². The third-order valence-electron chi connectivity index (χ3n) is 4.68. The van der Waals surface area contributed by atoms with Crippen molar-refractivity contribution in [2.75, 3.05) is 0 Å². The number of nitriles is 5. The topological polar surface area (TPSA) is 119 Å². The summed E-state index contributed by atoms with van der Waals surface area (Å²) in [6, 6.07) is 4.09. The van der Waals surface area contributed by atoms with Crippen LogP contribution in [0.15, 0.2) is 29.2 Å². The third-order valence-corrected chi connectivity index (χ3v) is 5.87. The molecular formula is C21H4F11N5S. The first-order valence-corrected chi connectivity index (χ1v) is 11.0. The fraction of sp³-hybridized carbons (Fsp3) is 0.0952. The van der Waals surface area contributed by atoms with E-state index in [9.17, 15) is 56.3 Å². The van der Waals surface area contributed by atoms with Crippen molar-refractivity contribution in [2.45, 2.75) is 17.2 Å². The summed E-state index contributed by atoms with van der Waals surface area (Å²) in [5.41, 5.74) is -13.1. The summed E-state index contributed by atoms with van der Waals surface area (Å²) < 4.78 is 151. The van der Waals surface area contributed by atoms with Crippen LogP contribution in [0, 0.1) is 56.7 Å². The number of benzene rings is 2. The molecule has 0 atom stereocenters. The zero-order valence-electron chi connectivity index (χ0n) is 17.6. The van der Waals surface area contributed by atoms with Gasteiger partial charge in [-0.3, -0.25) is 0 Å². The Hall–Kier alpha value is -4.79. The standard InChI is InChI=1S/C21H4F11N5S/c22-20(23,24)17-3-10(4-18(16(17)9-37)21(25,26)27)14(7-35)13-2-1-12(11(5-33)6-34)19(15(13)8-36)38(28,29,30,31)32/h1-4H/b14-13+. The maximum absolute atomic E-state index is 14.0. The molecule has 2 rings (SSSR count). The van der Waals surface area contributed by atoms with Gasteiger partial charge in [-0.25, -0.2) is 0 Å². The number of hydrogen-bond acceptors (Lipinski definition) is 5. The van der Waals surface area contributed by atoms with Crippen LogP contribution in [-0.2, 0) is 12.4 Å². The van der Waals surface area contributed by atoms with E-state index < -0.39 is 76.9 Å². The Morgan fingerprint density at radius 2 is 1.05 bits per heavy atom. The molecule has 5 nitrogen and oxygen atoms in total. The molecule has 0 heterocycles. The summed E-state index contributed by atoms with van der Waals surface area (Å²) in [7, 11) is -11.0. The van der Waals surface area contributed by atoms with Crippen molar-refractivity contribution in [1.29, 1.82) is 26.3 Å². The van der Waals surface area contributed by atoms with E-state index in [0.29, 0.717) is 12.1 Å². The fourth-order valence-electron chi connectivity index (χ4n) is 3.28. The van der Waals surface area contributed by atoms with Crippen LogP contribution < -0.4 is 10.4 Å². The lowest BCUT2D eigenvalue weighted by molar-refractivity contribution is -0.143. The molecule has 38 heavy (non-hydrogen) atoms. The van der Waals surface area contributed by atoms with Crippen molar-refractivity contribution >= 4 is 21.4 Å². The summed E-state index contributed by atoms with van der Waals surface area (Å²) in [5.74, 6) is 0. The van der Waals surface area contributed by atoms with Crippen molar-refractivity contribution in [3.63, 3.8) is 0 Å². The summed E-state index contributed by atoms with van der Waals surface area (Å²) in [6.45, 7) is 0. The molecule has 0 radical (unpaired) electrons. The molecule has 196 valence electrons. The minimum Gasteiger partial charge on any atom is -0.192 e. The molecule has 0 N–H and O–H groups in total. The Morgan fingerprint density at radius 3 is 1.37 bits per heavy atom. The first-order chi connectivity index (χ1) is 17.0. The highest BCUT2D eigenvalue weighted by atomic mass is 32.5. The van der Waals surface area contributed by atoms with E-state index in [2.05, 4.69) is 0 Å².